The molecule has 2 amide bonds. The van der Waals surface area contributed by atoms with Crippen LogP contribution >= 0.6 is 11.6 Å². The highest BCUT2D eigenvalue weighted by Gasteiger charge is 2.44. The van der Waals surface area contributed by atoms with Crippen LogP contribution in [0.2, 0.25) is 5.02 Å². The number of hydrogen-bond acceptors (Lipinski definition) is 7. The van der Waals surface area contributed by atoms with Crippen molar-refractivity contribution in [2.24, 2.45) is 17.8 Å². The van der Waals surface area contributed by atoms with Gasteiger partial charge in [-0.15, -0.1) is 0 Å². The van der Waals surface area contributed by atoms with Crippen molar-refractivity contribution in [3.05, 3.63) is 47.2 Å². The number of pyridine rings is 1. The van der Waals surface area contributed by atoms with Crippen molar-refractivity contribution in [3.63, 3.8) is 0 Å². The molecule has 4 heterocycles. The lowest BCUT2D eigenvalue weighted by atomic mass is 9.94. The molecule has 5 rings (SSSR count). The van der Waals surface area contributed by atoms with Gasteiger partial charge in [-0.1, -0.05) is 17.7 Å². The molecule has 3 fully saturated rings. The number of aryl methyl sites for hydroxylation is 1. The monoisotopic (exact) mass is 630 g/mol. The summed E-state index contributed by atoms with van der Waals surface area (Å²) in [6.45, 7) is 8.86. The fourth-order valence-corrected chi connectivity index (χ4v) is 8.67. The summed E-state index contributed by atoms with van der Waals surface area (Å²) in [5, 5.41) is 0.637. The topological polar surface area (TPSA) is 97.4 Å². The first-order valence-electron chi connectivity index (χ1n) is 15.1. The standard InChI is InChI=1S/C31H43ClN6O4S/c1-22-6-7-27(16-28(22)32)38(31(40)24-9-14-36(15-10-24)23(2)39)13-5-12-35-18-25-20-37(21-26(25)19-35)43(41,42)30-17-33-11-8-29(30)34(3)4/h6-8,11,16-17,24-26H,5,9-10,12-15,18-21H2,1-4H3. The molecular formula is C31H43ClN6O4S. The highest BCUT2D eigenvalue weighted by Crippen LogP contribution is 2.36. The lowest BCUT2D eigenvalue weighted by molar-refractivity contribution is -0.133. The summed E-state index contributed by atoms with van der Waals surface area (Å²) >= 11 is 6.46. The van der Waals surface area contributed by atoms with Crippen LogP contribution < -0.4 is 9.80 Å². The third kappa shape index (κ3) is 6.84. The van der Waals surface area contributed by atoms with Crippen molar-refractivity contribution >= 4 is 44.8 Å². The van der Waals surface area contributed by atoms with Crippen LogP contribution in [0, 0.1) is 24.7 Å². The van der Waals surface area contributed by atoms with Crippen molar-refractivity contribution < 1.29 is 18.0 Å². The molecule has 0 saturated carbocycles. The number of carbonyl (C=O) groups excluding carboxylic acids is 2. The Morgan fingerprint density at radius 3 is 2.33 bits per heavy atom. The van der Waals surface area contributed by atoms with Gasteiger partial charge in [0.15, 0.2) is 0 Å². The Morgan fingerprint density at radius 1 is 1.05 bits per heavy atom. The number of fused-ring (bicyclic) bond motifs is 1. The lowest BCUT2D eigenvalue weighted by Crippen LogP contribution is -2.44. The van der Waals surface area contributed by atoms with Crippen molar-refractivity contribution in [1.82, 2.24) is 19.1 Å². The van der Waals surface area contributed by atoms with Crippen LogP contribution in [0.5, 0.6) is 0 Å². The highest BCUT2D eigenvalue weighted by atomic mass is 35.5. The summed E-state index contributed by atoms with van der Waals surface area (Å²) in [6.07, 6.45) is 5.19. The number of nitrogens with zero attached hydrogens (tertiary/aromatic N) is 6. The average Bonchev–Trinajstić information content (AvgIpc) is 3.56. The Labute approximate surface area is 260 Å². The maximum atomic E-state index is 13.8. The predicted octanol–water partition coefficient (Wildman–Crippen LogP) is 3.34. The van der Waals surface area contributed by atoms with E-state index in [1.165, 1.54) is 6.20 Å². The summed E-state index contributed by atoms with van der Waals surface area (Å²) in [5.41, 5.74) is 2.42. The van der Waals surface area contributed by atoms with Crippen LogP contribution in [-0.4, -0.2) is 106 Å². The molecule has 1 aromatic heterocycles. The molecule has 0 spiro atoms. The quantitative estimate of drug-likeness (QED) is 0.419. The van der Waals surface area contributed by atoms with Gasteiger partial charge in [-0.05, 0) is 68.3 Å². The van der Waals surface area contributed by atoms with Gasteiger partial charge in [0.1, 0.15) is 4.90 Å². The number of benzene rings is 1. The Kier molecular flexibility index (Phi) is 9.65. The molecule has 12 heteroatoms. The number of rotatable bonds is 9. The summed E-state index contributed by atoms with van der Waals surface area (Å²) in [4.78, 5) is 37.8. The first-order valence-corrected chi connectivity index (χ1v) is 16.9. The summed E-state index contributed by atoms with van der Waals surface area (Å²) in [7, 11) is 0.0411. The van der Waals surface area contributed by atoms with Crippen molar-refractivity contribution in [3.8, 4) is 0 Å². The number of carbonyl (C=O) groups is 2. The number of aromatic nitrogens is 1. The molecule has 2 atom stereocenters. The fourth-order valence-electron chi connectivity index (χ4n) is 6.74. The third-order valence-corrected chi connectivity index (χ3v) is 11.5. The van der Waals surface area contributed by atoms with Crippen LogP contribution in [0.3, 0.4) is 0 Å². The second kappa shape index (κ2) is 13.1. The van der Waals surface area contributed by atoms with Gasteiger partial charge in [-0.25, -0.2) is 8.42 Å². The molecule has 3 saturated heterocycles. The van der Waals surface area contributed by atoms with Crippen LogP contribution in [0.1, 0.15) is 31.7 Å². The summed E-state index contributed by atoms with van der Waals surface area (Å²) in [5.74, 6) is 0.598. The Balaban J connectivity index is 1.19. The largest absolute Gasteiger partial charge is 0.376 e. The van der Waals surface area contributed by atoms with Crippen molar-refractivity contribution in [2.75, 3.05) is 76.3 Å². The van der Waals surface area contributed by atoms with E-state index in [2.05, 4.69) is 9.88 Å². The number of likely N-dealkylation sites (tertiary alicyclic amines) is 2. The Morgan fingerprint density at radius 2 is 1.72 bits per heavy atom. The van der Waals surface area contributed by atoms with E-state index in [4.69, 9.17) is 11.6 Å². The molecule has 3 aliphatic heterocycles. The zero-order chi connectivity index (χ0) is 30.9. The minimum Gasteiger partial charge on any atom is -0.376 e. The summed E-state index contributed by atoms with van der Waals surface area (Å²) < 4.78 is 28.7. The van der Waals surface area contributed by atoms with E-state index in [1.54, 1.807) is 28.4 Å². The van der Waals surface area contributed by atoms with Gasteiger partial charge >= 0.3 is 0 Å². The first-order chi connectivity index (χ1) is 20.5. The minimum absolute atomic E-state index is 0.0551. The average molecular weight is 631 g/mol. The number of anilines is 2. The third-order valence-electron chi connectivity index (χ3n) is 9.27. The van der Waals surface area contributed by atoms with E-state index in [0.717, 1.165) is 37.3 Å². The molecule has 1 aromatic carbocycles. The smallest absolute Gasteiger partial charge is 0.246 e. The number of sulfonamides is 1. The van der Waals surface area contributed by atoms with Gasteiger partial charge in [-0.3, -0.25) is 14.6 Å². The van der Waals surface area contributed by atoms with Crippen molar-refractivity contribution in [2.45, 2.75) is 38.0 Å². The normalized spacial score (nSPS) is 21.7. The summed E-state index contributed by atoms with van der Waals surface area (Å²) in [6, 6.07) is 7.52. The van der Waals surface area contributed by atoms with Crippen molar-refractivity contribution in [1.29, 1.82) is 0 Å². The number of hydrogen-bond donors (Lipinski definition) is 0. The van der Waals surface area contributed by atoms with E-state index in [9.17, 15) is 18.0 Å². The highest BCUT2D eigenvalue weighted by molar-refractivity contribution is 7.89. The van der Waals surface area contributed by atoms with Gasteiger partial charge in [-0.2, -0.15) is 4.31 Å². The molecule has 0 bridgehead atoms. The minimum atomic E-state index is -3.63. The lowest BCUT2D eigenvalue weighted by Gasteiger charge is -2.34. The molecule has 10 nitrogen and oxygen atoms in total. The van der Waals surface area contributed by atoms with Gasteiger partial charge in [0.05, 0.1) is 5.69 Å². The zero-order valence-electron chi connectivity index (χ0n) is 25.6. The van der Waals surface area contributed by atoms with Gasteiger partial charge < -0.3 is 19.6 Å². The predicted molar refractivity (Wildman–Crippen MR) is 169 cm³/mol. The van der Waals surface area contributed by atoms with Crippen LogP contribution in [0.4, 0.5) is 11.4 Å². The maximum Gasteiger partial charge on any atom is 0.246 e. The number of piperidine rings is 1. The zero-order valence-corrected chi connectivity index (χ0v) is 27.1. The molecule has 3 aliphatic rings. The molecule has 2 aromatic rings. The number of halogens is 1. The van der Waals surface area contributed by atoms with E-state index >= 15 is 0 Å². The second-order valence-electron chi connectivity index (χ2n) is 12.4. The second-order valence-corrected chi connectivity index (χ2v) is 14.7. The molecule has 234 valence electrons. The van der Waals surface area contributed by atoms with Crippen LogP contribution in [-0.2, 0) is 19.6 Å². The molecule has 0 radical (unpaired) electrons. The maximum absolute atomic E-state index is 13.8. The Bertz CT molecular complexity index is 1430. The fraction of sp³-hybridized carbons (Fsp3) is 0.581. The van der Waals surface area contributed by atoms with E-state index in [0.29, 0.717) is 56.3 Å². The van der Waals surface area contributed by atoms with Crippen LogP contribution in [0.25, 0.3) is 0 Å². The molecule has 2 unspecified atom stereocenters. The van der Waals surface area contributed by atoms with Crippen LogP contribution in [0.15, 0.2) is 41.6 Å². The SMILES string of the molecule is CC(=O)N1CCC(C(=O)N(CCCN2CC3CN(S(=O)(=O)c4cnccc4N(C)C)CC3C2)c2ccc(C)c(Cl)c2)CC1. The number of amides is 2. The van der Waals surface area contributed by atoms with E-state index < -0.39 is 10.0 Å². The molecule has 0 aliphatic carbocycles. The molecule has 0 N–H and O–H groups in total. The van der Waals surface area contributed by atoms with Gasteiger partial charge in [0, 0.05) is 95.9 Å². The van der Waals surface area contributed by atoms with E-state index in [1.807, 2.05) is 49.0 Å². The Hall–Kier alpha value is -2.73. The molecular weight excluding hydrogens is 588 g/mol. The van der Waals surface area contributed by atoms with Gasteiger partial charge in [0.25, 0.3) is 0 Å². The first kappa shape index (κ1) is 31.7. The van der Waals surface area contributed by atoms with E-state index in [-0.39, 0.29) is 34.5 Å². The molecule has 43 heavy (non-hydrogen) atoms. The van der Waals surface area contributed by atoms with Gasteiger partial charge in [0.2, 0.25) is 21.8 Å².